The van der Waals surface area contributed by atoms with E-state index in [4.69, 9.17) is 29.9 Å². The number of aromatic nitrogens is 8. The number of fused-ring (bicyclic) bond motifs is 20. The number of rotatable bonds is 1. The van der Waals surface area contributed by atoms with E-state index >= 15 is 0 Å². The molecular formula is C36H26N8Ti. The van der Waals surface area contributed by atoms with Crippen molar-refractivity contribution in [3.05, 3.63) is 91.0 Å². The fraction of sp³-hybridized carbons (Fsp3) is 0.111. The van der Waals surface area contributed by atoms with Gasteiger partial charge in [0.1, 0.15) is 0 Å². The van der Waals surface area contributed by atoms with Gasteiger partial charge >= 0.3 is 262 Å². The third kappa shape index (κ3) is 4.32. The second-order valence-corrected chi connectivity index (χ2v) is 15.9. The van der Waals surface area contributed by atoms with Crippen molar-refractivity contribution in [3.63, 3.8) is 0 Å². The first-order valence-corrected chi connectivity index (χ1v) is 16.5. The standard InChI is InChI=1S/C32H17N8.C4H9.Ti/c1-2-10-18-17(9-1)25-33-26(18)38-28-21-13-5-6-14-22(21)30(35-28)40-32-24-16-8-7-15-23(24)31(36-32)39-29-20-12-4-3-11-19(20)27(34-29)37-25;1-4(2)3;/h1-15H,(H2,33,34,35,36,37,38,39,40);1-3H3;. The Morgan fingerprint density at radius 3 is 1.33 bits per heavy atom. The molecule has 5 heterocycles. The van der Waals surface area contributed by atoms with Crippen LogP contribution in [0.3, 0.4) is 0 Å². The first-order chi connectivity index (χ1) is 21.9. The molecule has 0 saturated heterocycles. The van der Waals surface area contributed by atoms with Crippen LogP contribution in [0.4, 0.5) is 0 Å². The molecule has 8 nitrogen and oxygen atoms in total. The predicted molar refractivity (Wildman–Crippen MR) is 175 cm³/mol. The number of hydrogen-bond acceptors (Lipinski definition) is 6. The molecule has 0 spiro atoms. The Balaban J connectivity index is 1.49. The minimum absolute atomic E-state index is 0.198. The van der Waals surface area contributed by atoms with Gasteiger partial charge in [0.15, 0.2) is 0 Å². The summed E-state index contributed by atoms with van der Waals surface area (Å²) in [6.07, 6.45) is 0. The van der Waals surface area contributed by atoms with Crippen molar-refractivity contribution in [1.82, 2.24) is 39.9 Å². The van der Waals surface area contributed by atoms with E-state index in [9.17, 15) is 0 Å². The maximum atomic E-state index is 5.23. The molecule has 2 aliphatic rings. The quantitative estimate of drug-likeness (QED) is 0.182. The minimum atomic E-state index is -0.515. The monoisotopic (exact) mass is 618 g/mol. The van der Waals surface area contributed by atoms with Gasteiger partial charge in [-0.2, -0.15) is 0 Å². The zero-order chi connectivity index (χ0) is 30.3. The fourth-order valence-corrected chi connectivity index (χ4v) is 8.33. The summed E-state index contributed by atoms with van der Waals surface area (Å²) in [5, 5.41) is 4.04. The van der Waals surface area contributed by atoms with E-state index in [1.165, 1.54) is 3.87 Å². The van der Waals surface area contributed by atoms with Crippen LogP contribution < -0.4 is 3.87 Å². The summed E-state index contributed by atoms with van der Waals surface area (Å²) in [7, 11) is 0. The third-order valence-electron chi connectivity index (χ3n) is 8.09. The van der Waals surface area contributed by atoms with Crippen LogP contribution in [-0.4, -0.2) is 39.9 Å². The van der Waals surface area contributed by atoms with Crippen molar-refractivity contribution >= 4 is 48.0 Å². The fourth-order valence-electron chi connectivity index (χ4n) is 6.20. The third-order valence-corrected chi connectivity index (χ3v) is 10.3. The summed E-state index contributed by atoms with van der Waals surface area (Å²) in [5.41, 5.74) is 6.62. The van der Waals surface area contributed by atoms with E-state index in [-0.39, 0.29) is 3.72 Å². The molecule has 0 amide bonds. The van der Waals surface area contributed by atoms with Gasteiger partial charge in [-0.25, -0.2) is 0 Å². The van der Waals surface area contributed by atoms with Crippen LogP contribution in [0, 0.1) is 0 Å². The van der Waals surface area contributed by atoms with Gasteiger partial charge in [0.25, 0.3) is 0 Å². The Bertz CT molecular complexity index is 2520. The SMILES string of the molecule is C[C](C)(C)[Ti][c]1cccc2c3nc4nc(nc5[nH]c(nc6nc(nc([nH]3)c12)-c1ccccc1-6)c1ccccc51)-c1ccccc1-4. The molecule has 4 aromatic carbocycles. The van der Waals surface area contributed by atoms with Crippen LogP contribution in [0.15, 0.2) is 91.0 Å². The van der Waals surface area contributed by atoms with Gasteiger partial charge in [-0.1, -0.05) is 6.07 Å². The van der Waals surface area contributed by atoms with Crippen LogP contribution in [0.25, 0.3) is 89.7 Å². The molecule has 2 N–H and O–H groups in total. The molecule has 3 aromatic heterocycles. The van der Waals surface area contributed by atoms with Crippen LogP contribution in [0.1, 0.15) is 20.8 Å². The molecule has 8 bridgehead atoms. The molecule has 0 radical (unpaired) electrons. The molecule has 0 saturated carbocycles. The number of benzene rings is 4. The average Bonchev–Trinajstić information content (AvgIpc) is 3.76. The first-order valence-electron chi connectivity index (χ1n) is 14.9. The van der Waals surface area contributed by atoms with Gasteiger partial charge in [-0.05, 0) is 0 Å². The summed E-state index contributed by atoms with van der Waals surface area (Å²) >= 11 is -0.515. The molecule has 45 heavy (non-hydrogen) atoms. The van der Waals surface area contributed by atoms with Gasteiger partial charge in [0.05, 0.1) is 0 Å². The Morgan fingerprint density at radius 2 is 0.844 bits per heavy atom. The Kier molecular flexibility index (Phi) is 5.70. The van der Waals surface area contributed by atoms with Crippen LogP contribution in [0.5, 0.6) is 0 Å². The number of H-pyrrole nitrogens is 2. The van der Waals surface area contributed by atoms with Crippen LogP contribution in [0.2, 0.25) is 3.72 Å². The van der Waals surface area contributed by atoms with E-state index in [1.54, 1.807) is 0 Å². The Hall–Kier alpha value is -5.05. The first kappa shape index (κ1) is 26.4. The van der Waals surface area contributed by atoms with E-state index in [2.05, 4.69) is 79.3 Å². The molecule has 2 aliphatic heterocycles. The zero-order valence-corrected chi connectivity index (χ0v) is 26.4. The molecular weight excluding hydrogens is 592 g/mol. The van der Waals surface area contributed by atoms with Crippen molar-refractivity contribution in [2.75, 3.05) is 0 Å². The molecule has 7 aromatic rings. The molecule has 0 unspecified atom stereocenters. The molecule has 9 heteroatoms. The molecule has 0 aliphatic carbocycles. The molecule has 0 atom stereocenters. The number of nitrogens with one attached hydrogen (secondary N) is 2. The van der Waals surface area contributed by atoms with Gasteiger partial charge in [0.2, 0.25) is 0 Å². The number of nitrogens with zero attached hydrogens (tertiary/aromatic N) is 6. The normalized spacial score (nSPS) is 12.3. The zero-order valence-electron chi connectivity index (χ0n) is 24.8. The second-order valence-electron chi connectivity index (χ2n) is 12.3. The van der Waals surface area contributed by atoms with Gasteiger partial charge in [-0.3, -0.25) is 0 Å². The predicted octanol–water partition coefficient (Wildman–Crippen LogP) is 7.80. The number of aromatic amines is 2. The van der Waals surface area contributed by atoms with E-state index in [1.807, 2.05) is 42.5 Å². The van der Waals surface area contributed by atoms with Crippen LogP contribution in [-0.2, 0) is 19.2 Å². The van der Waals surface area contributed by atoms with Crippen molar-refractivity contribution < 1.29 is 19.2 Å². The summed E-state index contributed by atoms with van der Waals surface area (Å²) in [6.45, 7) is 6.92. The van der Waals surface area contributed by atoms with Crippen LogP contribution >= 0.6 is 0 Å². The second kappa shape index (κ2) is 9.73. The van der Waals surface area contributed by atoms with Crippen molar-refractivity contribution in [2.24, 2.45) is 0 Å². The summed E-state index contributed by atoms with van der Waals surface area (Å²) in [4.78, 5) is 37.6. The molecule has 9 rings (SSSR count). The van der Waals surface area contributed by atoms with E-state index < -0.39 is 19.2 Å². The Morgan fingerprint density at radius 1 is 0.444 bits per heavy atom. The van der Waals surface area contributed by atoms with Crippen molar-refractivity contribution in [1.29, 1.82) is 0 Å². The summed E-state index contributed by atoms with van der Waals surface area (Å²) < 4.78 is 1.53. The summed E-state index contributed by atoms with van der Waals surface area (Å²) in [5.74, 6) is 2.45. The summed E-state index contributed by atoms with van der Waals surface area (Å²) in [6, 6.07) is 30.9. The molecule has 0 fully saturated rings. The molecule has 214 valence electrons. The Labute approximate surface area is 267 Å². The van der Waals surface area contributed by atoms with Gasteiger partial charge < -0.3 is 0 Å². The maximum absolute atomic E-state index is 5.23. The van der Waals surface area contributed by atoms with E-state index in [0.29, 0.717) is 34.6 Å². The van der Waals surface area contributed by atoms with E-state index in [0.717, 1.165) is 55.1 Å². The van der Waals surface area contributed by atoms with Crippen molar-refractivity contribution in [3.8, 4) is 45.6 Å². The average molecular weight is 619 g/mol. The topological polar surface area (TPSA) is 109 Å². The van der Waals surface area contributed by atoms with Gasteiger partial charge in [0, 0.05) is 0 Å². The van der Waals surface area contributed by atoms with Crippen molar-refractivity contribution in [2.45, 2.75) is 24.5 Å². The number of hydrogen-bond donors (Lipinski definition) is 2. The van der Waals surface area contributed by atoms with Gasteiger partial charge in [-0.15, -0.1) is 0 Å².